The number of unbranched alkanes of at least 4 members (excludes halogenated alkanes) is 10. The number of anilines is 6. The van der Waals surface area contributed by atoms with Gasteiger partial charge >= 0.3 is 0 Å². The maximum absolute atomic E-state index is 11.7. The molecule has 0 amide bonds. The van der Waals surface area contributed by atoms with Gasteiger partial charge in [-0.05, 0) is 156 Å². The molecule has 6 aromatic carbocycles. The van der Waals surface area contributed by atoms with Crippen molar-refractivity contribution in [3.05, 3.63) is 156 Å². The summed E-state index contributed by atoms with van der Waals surface area (Å²) in [6.07, 6.45) is 17.2. The molecule has 5 heteroatoms. The van der Waals surface area contributed by atoms with E-state index < -0.39 is 8.07 Å². The van der Waals surface area contributed by atoms with Crippen molar-refractivity contribution in [2.45, 2.75) is 117 Å². The molecular formula is C56H64N2O2Si. The zero-order chi connectivity index (χ0) is 42.6. The second kappa shape index (κ2) is 20.8. The van der Waals surface area contributed by atoms with E-state index in [9.17, 15) is 9.59 Å². The molecule has 0 N–H and O–H groups in total. The largest absolute Gasteiger partial charge is 0.310 e. The molecule has 0 saturated carbocycles. The van der Waals surface area contributed by atoms with Crippen molar-refractivity contribution in [2.24, 2.45) is 0 Å². The standard InChI is InChI=1S/C56H64N2O2Si/c1-5-7-9-11-13-15-35-61(36-16-14-12-10-8-6-2)55-39-51(57(49-21-17-19-43(3)37-49)47-27-23-45(41-59)24-28-47)31-33-53(55)54-34-32-52(40-56(54)61)58(50-22-18-20-44(4)38-50)48-29-25-46(42-60)26-30-48/h17-34,37-42H,5-16,35-36H2,1-4H3. The fourth-order valence-electron chi connectivity index (χ4n) is 9.66. The Morgan fingerprint density at radius 2 is 0.770 bits per heavy atom. The van der Waals surface area contributed by atoms with Gasteiger partial charge in [-0.1, -0.05) is 127 Å². The lowest BCUT2D eigenvalue weighted by Crippen LogP contribution is -2.55. The lowest BCUT2D eigenvalue weighted by Gasteiger charge is -2.33. The molecule has 1 aliphatic heterocycles. The van der Waals surface area contributed by atoms with Gasteiger partial charge in [-0.25, -0.2) is 0 Å². The predicted molar refractivity (Wildman–Crippen MR) is 263 cm³/mol. The summed E-state index contributed by atoms with van der Waals surface area (Å²) in [7, 11) is -2.37. The van der Waals surface area contributed by atoms with Crippen LogP contribution in [0.4, 0.5) is 34.1 Å². The summed E-state index contributed by atoms with van der Waals surface area (Å²) < 4.78 is 0. The Balaban J connectivity index is 1.40. The van der Waals surface area contributed by atoms with Gasteiger partial charge in [-0.2, -0.15) is 0 Å². The summed E-state index contributed by atoms with van der Waals surface area (Å²) in [6.45, 7) is 8.92. The zero-order valence-corrected chi connectivity index (χ0v) is 38.0. The Kier molecular flexibility index (Phi) is 14.9. The van der Waals surface area contributed by atoms with E-state index in [1.54, 1.807) is 10.4 Å². The van der Waals surface area contributed by atoms with E-state index in [-0.39, 0.29) is 0 Å². The molecule has 0 aromatic heterocycles. The monoisotopic (exact) mass is 824 g/mol. The van der Waals surface area contributed by atoms with E-state index in [4.69, 9.17) is 0 Å². The Labute approximate surface area is 366 Å². The summed E-state index contributed by atoms with van der Waals surface area (Å²) >= 11 is 0. The number of aryl methyl sites for hydroxylation is 2. The number of hydrogen-bond donors (Lipinski definition) is 0. The van der Waals surface area contributed by atoms with Gasteiger partial charge in [0, 0.05) is 45.3 Å². The van der Waals surface area contributed by atoms with Crippen LogP contribution in [0, 0.1) is 13.8 Å². The molecule has 314 valence electrons. The van der Waals surface area contributed by atoms with Crippen molar-refractivity contribution in [2.75, 3.05) is 9.80 Å². The van der Waals surface area contributed by atoms with E-state index in [0.717, 1.165) is 46.7 Å². The molecule has 6 aromatic rings. The number of hydrogen-bond acceptors (Lipinski definition) is 4. The SMILES string of the molecule is CCCCCCCC[Si]1(CCCCCCCC)c2cc(N(c3ccc(C=O)cc3)c3cccc(C)c3)ccc2-c2ccc(N(c3ccc(C=O)cc3)c3cccc(C)c3)cc21. The van der Waals surface area contributed by atoms with Crippen LogP contribution in [-0.2, 0) is 0 Å². The maximum atomic E-state index is 11.7. The first-order chi connectivity index (χ1) is 29.9. The number of nitrogens with zero attached hydrogens (tertiary/aromatic N) is 2. The lowest BCUT2D eigenvalue weighted by atomic mass is 10.0. The highest BCUT2D eigenvalue weighted by Crippen LogP contribution is 2.43. The second-order valence-corrected chi connectivity index (χ2v) is 21.6. The average molecular weight is 825 g/mol. The van der Waals surface area contributed by atoms with Crippen molar-refractivity contribution in [1.82, 2.24) is 0 Å². The summed E-state index contributed by atoms with van der Waals surface area (Å²) in [5, 5.41) is 3.14. The van der Waals surface area contributed by atoms with Crippen LogP contribution in [0.5, 0.6) is 0 Å². The van der Waals surface area contributed by atoms with Gasteiger partial charge in [-0.3, -0.25) is 9.59 Å². The Morgan fingerprint density at radius 1 is 0.410 bits per heavy atom. The van der Waals surface area contributed by atoms with Gasteiger partial charge in [0.2, 0.25) is 0 Å². The minimum atomic E-state index is -2.37. The van der Waals surface area contributed by atoms with Crippen molar-refractivity contribution in [3.63, 3.8) is 0 Å². The molecule has 0 bridgehead atoms. The molecule has 0 aliphatic carbocycles. The third-order valence-electron chi connectivity index (χ3n) is 12.9. The van der Waals surface area contributed by atoms with E-state index in [2.05, 4.69) is 147 Å². The minimum absolute atomic E-state index is 0.678. The molecule has 0 saturated heterocycles. The molecule has 0 atom stereocenters. The van der Waals surface area contributed by atoms with E-state index in [0.29, 0.717) is 11.1 Å². The second-order valence-electron chi connectivity index (χ2n) is 17.3. The highest BCUT2D eigenvalue weighted by Gasteiger charge is 2.45. The number of aldehydes is 2. The van der Waals surface area contributed by atoms with Crippen LogP contribution in [0.2, 0.25) is 12.1 Å². The lowest BCUT2D eigenvalue weighted by molar-refractivity contribution is 0.111. The van der Waals surface area contributed by atoms with Gasteiger partial charge in [0.1, 0.15) is 20.6 Å². The van der Waals surface area contributed by atoms with Crippen molar-refractivity contribution in [3.8, 4) is 11.1 Å². The first kappa shape index (κ1) is 43.6. The van der Waals surface area contributed by atoms with Crippen LogP contribution in [0.1, 0.15) is 123 Å². The highest BCUT2D eigenvalue weighted by molar-refractivity contribution is 7.05. The molecule has 0 spiro atoms. The first-order valence-electron chi connectivity index (χ1n) is 23.0. The van der Waals surface area contributed by atoms with Crippen LogP contribution in [-0.4, -0.2) is 20.6 Å². The van der Waals surface area contributed by atoms with Crippen LogP contribution in [0.15, 0.2) is 133 Å². The average Bonchev–Trinajstić information content (AvgIpc) is 3.54. The summed E-state index contributed by atoms with van der Waals surface area (Å²) in [5.41, 5.74) is 13.2. The van der Waals surface area contributed by atoms with Crippen LogP contribution in [0.3, 0.4) is 0 Å². The van der Waals surface area contributed by atoms with E-state index in [1.165, 1.54) is 111 Å². The minimum Gasteiger partial charge on any atom is -0.310 e. The molecule has 7 rings (SSSR count). The quantitative estimate of drug-likeness (QED) is 0.0388. The predicted octanol–water partition coefficient (Wildman–Crippen LogP) is 15.1. The van der Waals surface area contributed by atoms with Crippen molar-refractivity contribution >= 4 is 65.1 Å². The van der Waals surface area contributed by atoms with Gasteiger partial charge in [0.15, 0.2) is 0 Å². The molecule has 0 unspecified atom stereocenters. The van der Waals surface area contributed by atoms with Gasteiger partial charge in [0.05, 0.1) is 0 Å². The summed E-state index contributed by atoms with van der Waals surface area (Å²) in [6, 6.07) is 50.7. The van der Waals surface area contributed by atoms with Crippen LogP contribution >= 0.6 is 0 Å². The maximum Gasteiger partial charge on any atom is 0.150 e. The molecule has 0 fully saturated rings. The Hall–Kier alpha value is -5.52. The fraction of sp³-hybridized carbons (Fsp3) is 0.321. The molecule has 1 aliphatic rings. The fourth-order valence-corrected chi connectivity index (χ4v) is 15.3. The third kappa shape index (κ3) is 10.0. The number of benzene rings is 6. The van der Waals surface area contributed by atoms with Gasteiger partial charge in [0.25, 0.3) is 0 Å². The molecular weight excluding hydrogens is 761 g/mol. The Morgan fingerprint density at radius 3 is 1.15 bits per heavy atom. The van der Waals surface area contributed by atoms with E-state index in [1.807, 2.05) is 24.3 Å². The first-order valence-corrected chi connectivity index (χ1v) is 25.4. The molecule has 1 heterocycles. The molecule has 61 heavy (non-hydrogen) atoms. The molecule has 4 nitrogen and oxygen atoms in total. The van der Waals surface area contributed by atoms with E-state index >= 15 is 0 Å². The number of carbonyl (C=O) groups is 2. The normalized spacial score (nSPS) is 12.5. The highest BCUT2D eigenvalue weighted by atomic mass is 28.3. The van der Waals surface area contributed by atoms with Crippen LogP contribution < -0.4 is 20.2 Å². The zero-order valence-electron chi connectivity index (χ0n) is 37.0. The van der Waals surface area contributed by atoms with Crippen molar-refractivity contribution < 1.29 is 9.59 Å². The van der Waals surface area contributed by atoms with Gasteiger partial charge < -0.3 is 9.80 Å². The Bertz CT molecular complexity index is 2220. The smallest absolute Gasteiger partial charge is 0.150 e. The number of fused-ring (bicyclic) bond motifs is 3. The topological polar surface area (TPSA) is 40.6 Å². The molecule has 0 radical (unpaired) electrons. The van der Waals surface area contributed by atoms with Crippen molar-refractivity contribution in [1.29, 1.82) is 0 Å². The number of carbonyl (C=O) groups excluding carboxylic acids is 2. The van der Waals surface area contributed by atoms with Crippen LogP contribution in [0.25, 0.3) is 11.1 Å². The summed E-state index contributed by atoms with van der Waals surface area (Å²) in [4.78, 5) is 28.3. The van der Waals surface area contributed by atoms with Gasteiger partial charge in [-0.15, -0.1) is 0 Å². The third-order valence-corrected chi connectivity index (χ3v) is 18.2. The summed E-state index contributed by atoms with van der Waals surface area (Å²) in [5.74, 6) is 0. The number of rotatable bonds is 22.